The highest BCUT2D eigenvalue weighted by Crippen LogP contribution is 2.28. The van der Waals surface area contributed by atoms with Gasteiger partial charge in [0.1, 0.15) is 0 Å². The fraction of sp³-hybridized carbons (Fsp3) is 0.385. The second-order valence-electron chi connectivity index (χ2n) is 4.11. The summed E-state index contributed by atoms with van der Waals surface area (Å²) in [5.41, 5.74) is -0.587. The van der Waals surface area contributed by atoms with E-state index in [0.29, 0.717) is 6.42 Å². The van der Waals surface area contributed by atoms with Crippen LogP contribution in [0, 0.1) is 10.1 Å². The average Bonchev–Trinajstić information content (AvgIpc) is 2.44. The van der Waals surface area contributed by atoms with Crippen LogP contribution in [0.3, 0.4) is 0 Å². The number of esters is 1. The van der Waals surface area contributed by atoms with Gasteiger partial charge in [0.2, 0.25) is 0 Å². The smallest absolute Gasteiger partial charge is 0.344 e. The number of hydrogen-bond donors (Lipinski definition) is 1. The van der Waals surface area contributed by atoms with Crippen molar-refractivity contribution in [3.8, 4) is 5.75 Å². The number of unbranched alkanes of at least 4 members (excludes halogenated alkanes) is 1. The third kappa shape index (κ3) is 5.09. The van der Waals surface area contributed by atoms with E-state index in [2.05, 4.69) is 0 Å². The van der Waals surface area contributed by atoms with Crippen molar-refractivity contribution in [1.29, 1.82) is 0 Å². The van der Waals surface area contributed by atoms with E-state index in [1.807, 2.05) is 6.92 Å². The average molecular weight is 297 g/mol. The van der Waals surface area contributed by atoms with Crippen molar-refractivity contribution in [2.45, 2.75) is 19.8 Å². The van der Waals surface area contributed by atoms with E-state index >= 15 is 0 Å². The summed E-state index contributed by atoms with van der Waals surface area (Å²) < 4.78 is 9.83. The molecule has 0 amide bonds. The van der Waals surface area contributed by atoms with Crippen molar-refractivity contribution in [2.75, 3.05) is 13.2 Å². The van der Waals surface area contributed by atoms with Crippen LogP contribution in [-0.2, 0) is 9.53 Å². The Morgan fingerprint density at radius 2 is 2.10 bits per heavy atom. The standard InChI is InChI=1S/C13H15NO7/c1-2-3-6-20-12(15)8-21-11-7-9(13(16)17)4-5-10(11)14(18)19/h4-5,7H,2-3,6,8H2,1H3,(H,16,17). The van der Waals surface area contributed by atoms with E-state index in [1.165, 1.54) is 0 Å². The summed E-state index contributed by atoms with van der Waals surface area (Å²) in [4.78, 5) is 32.3. The highest BCUT2D eigenvalue weighted by atomic mass is 16.6. The van der Waals surface area contributed by atoms with Gasteiger partial charge in [0, 0.05) is 12.1 Å². The van der Waals surface area contributed by atoms with E-state index in [1.54, 1.807) is 0 Å². The third-order valence-corrected chi connectivity index (χ3v) is 2.51. The number of nitrogens with zero attached hydrogens (tertiary/aromatic N) is 1. The maximum Gasteiger partial charge on any atom is 0.344 e. The SMILES string of the molecule is CCCCOC(=O)COc1cc(C(=O)O)ccc1[N+](=O)[O-]. The van der Waals surface area contributed by atoms with E-state index in [-0.39, 0.29) is 17.9 Å². The molecule has 8 heteroatoms. The van der Waals surface area contributed by atoms with Gasteiger partial charge in [-0.2, -0.15) is 0 Å². The van der Waals surface area contributed by atoms with E-state index in [9.17, 15) is 19.7 Å². The molecule has 0 bridgehead atoms. The molecule has 0 fully saturated rings. The summed E-state index contributed by atoms with van der Waals surface area (Å²) in [6, 6.07) is 3.11. The lowest BCUT2D eigenvalue weighted by Crippen LogP contribution is -2.16. The first kappa shape index (κ1) is 16.4. The summed E-state index contributed by atoms with van der Waals surface area (Å²) >= 11 is 0. The molecule has 1 N–H and O–H groups in total. The van der Waals surface area contributed by atoms with Gasteiger partial charge in [-0.15, -0.1) is 0 Å². The molecule has 0 aliphatic heterocycles. The Bertz CT molecular complexity index is 541. The third-order valence-electron chi connectivity index (χ3n) is 2.51. The number of carboxylic acids is 1. The second-order valence-corrected chi connectivity index (χ2v) is 4.11. The molecular formula is C13H15NO7. The first-order valence-corrected chi connectivity index (χ1v) is 6.25. The van der Waals surface area contributed by atoms with Crippen molar-refractivity contribution in [3.63, 3.8) is 0 Å². The van der Waals surface area contributed by atoms with Gasteiger partial charge >= 0.3 is 17.6 Å². The van der Waals surface area contributed by atoms with Crippen LogP contribution in [0.5, 0.6) is 5.75 Å². The monoisotopic (exact) mass is 297 g/mol. The number of carbonyl (C=O) groups excluding carboxylic acids is 1. The molecule has 0 atom stereocenters. The number of carboxylic acid groups (broad SMARTS) is 1. The fourth-order valence-corrected chi connectivity index (χ4v) is 1.42. The number of ether oxygens (including phenoxy) is 2. The van der Waals surface area contributed by atoms with Crippen LogP contribution >= 0.6 is 0 Å². The van der Waals surface area contributed by atoms with Gasteiger partial charge in [0.15, 0.2) is 12.4 Å². The molecule has 0 saturated carbocycles. The molecule has 0 unspecified atom stereocenters. The van der Waals surface area contributed by atoms with Gasteiger partial charge in [-0.3, -0.25) is 10.1 Å². The van der Waals surface area contributed by atoms with Gasteiger partial charge in [-0.1, -0.05) is 13.3 Å². The molecule has 1 rings (SSSR count). The number of rotatable bonds is 8. The zero-order valence-corrected chi connectivity index (χ0v) is 11.4. The Morgan fingerprint density at radius 1 is 1.38 bits per heavy atom. The second kappa shape index (κ2) is 7.83. The minimum absolute atomic E-state index is 0.171. The van der Waals surface area contributed by atoms with Gasteiger partial charge in [0.05, 0.1) is 17.1 Å². The van der Waals surface area contributed by atoms with Crippen molar-refractivity contribution in [3.05, 3.63) is 33.9 Å². The molecule has 21 heavy (non-hydrogen) atoms. The summed E-state index contributed by atoms with van der Waals surface area (Å²) in [5, 5.41) is 19.7. The van der Waals surface area contributed by atoms with Crippen LogP contribution < -0.4 is 4.74 Å². The molecule has 0 aliphatic rings. The van der Waals surface area contributed by atoms with Crippen LogP contribution in [0.1, 0.15) is 30.1 Å². The van der Waals surface area contributed by atoms with Crippen LogP contribution in [0.15, 0.2) is 18.2 Å². The predicted octanol–water partition coefficient (Wildman–Crippen LogP) is 2.02. The van der Waals surface area contributed by atoms with Crippen LogP contribution in [0.2, 0.25) is 0 Å². The molecule has 1 aromatic carbocycles. The largest absolute Gasteiger partial charge is 0.478 e. The molecule has 8 nitrogen and oxygen atoms in total. The van der Waals surface area contributed by atoms with Gasteiger partial charge in [0.25, 0.3) is 0 Å². The van der Waals surface area contributed by atoms with E-state index in [0.717, 1.165) is 24.6 Å². The lowest BCUT2D eigenvalue weighted by atomic mass is 10.2. The first-order chi connectivity index (χ1) is 9.95. The van der Waals surface area contributed by atoms with Crippen molar-refractivity contribution in [2.24, 2.45) is 0 Å². The van der Waals surface area contributed by atoms with Crippen LogP contribution in [-0.4, -0.2) is 35.2 Å². The summed E-state index contributed by atoms with van der Waals surface area (Å²) in [5.74, 6) is -2.20. The predicted molar refractivity (Wildman–Crippen MR) is 71.4 cm³/mol. The van der Waals surface area contributed by atoms with E-state index in [4.69, 9.17) is 14.6 Å². The zero-order chi connectivity index (χ0) is 15.8. The quantitative estimate of drug-likeness (QED) is 0.337. The number of hydrogen-bond acceptors (Lipinski definition) is 6. The molecule has 114 valence electrons. The number of carbonyl (C=O) groups is 2. The maximum absolute atomic E-state index is 11.4. The summed E-state index contributed by atoms with van der Waals surface area (Å²) in [6.45, 7) is 1.66. The molecule has 0 saturated heterocycles. The highest BCUT2D eigenvalue weighted by Gasteiger charge is 2.19. The first-order valence-electron chi connectivity index (χ1n) is 6.25. The Morgan fingerprint density at radius 3 is 2.67 bits per heavy atom. The molecule has 0 radical (unpaired) electrons. The van der Waals surface area contributed by atoms with Crippen LogP contribution in [0.4, 0.5) is 5.69 Å². The molecule has 1 aromatic rings. The number of benzene rings is 1. The zero-order valence-electron chi connectivity index (χ0n) is 11.4. The van der Waals surface area contributed by atoms with Crippen LogP contribution in [0.25, 0.3) is 0 Å². The normalized spacial score (nSPS) is 9.95. The molecule has 0 heterocycles. The Labute approximate surface area is 120 Å². The maximum atomic E-state index is 11.4. The lowest BCUT2D eigenvalue weighted by molar-refractivity contribution is -0.385. The molecule has 0 spiro atoms. The van der Waals surface area contributed by atoms with Gasteiger partial charge < -0.3 is 14.6 Å². The molecular weight excluding hydrogens is 282 g/mol. The van der Waals surface area contributed by atoms with Crippen molar-refractivity contribution in [1.82, 2.24) is 0 Å². The van der Waals surface area contributed by atoms with Gasteiger partial charge in [-0.25, -0.2) is 9.59 Å². The summed E-state index contributed by atoms with van der Waals surface area (Å²) in [7, 11) is 0. The highest BCUT2D eigenvalue weighted by molar-refractivity contribution is 5.88. The number of nitro benzene ring substituents is 1. The summed E-state index contributed by atoms with van der Waals surface area (Å²) in [6.07, 6.45) is 1.57. The van der Waals surface area contributed by atoms with Gasteiger partial charge in [-0.05, 0) is 12.5 Å². The van der Waals surface area contributed by atoms with Crippen molar-refractivity contribution >= 4 is 17.6 Å². The van der Waals surface area contributed by atoms with Crippen molar-refractivity contribution < 1.29 is 29.1 Å². The minimum Gasteiger partial charge on any atom is -0.478 e. The Balaban J connectivity index is 2.75. The number of aromatic carboxylic acids is 1. The topological polar surface area (TPSA) is 116 Å². The lowest BCUT2D eigenvalue weighted by Gasteiger charge is -2.07. The fourth-order valence-electron chi connectivity index (χ4n) is 1.42. The molecule has 0 aromatic heterocycles. The van der Waals surface area contributed by atoms with E-state index < -0.39 is 29.2 Å². The minimum atomic E-state index is -1.25. The number of nitro groups is 1. The molecule has 0 aliphatic carbocycles. The Hall–Kier alpha value is -2.64. The Kier molecular flexibility index (Phi) is 6.12.